The number of esters is 1. The third-order valence-electron chi connectivity index (χ3n) is 4.25. The van der Waals surface area contributed by atoms with E-state index in [4.69, 9.17) is 10.5 Å². The van der Waals surface area contributed by atoms with Crippen molar-refractivity contribution in [2.24, 2.45) is 16.6 Å². The fourth-order valence-electron chi connectivity index (χ4n) is 2.64. The number of nitrogens with two attached hydrogens (primary N) is 1. The Morgan fingerprint density at radius 1 is 1.41 bits per heavy atom. The number of carbonyl (C=O) groups excluding carboxylic acids is 1. The Morgan fingerprint density at radius 3 is 2.89 bits per heavy atom. The van der Waals surface area contributed by atoms with Crippen LogP contribution in [0.2, 0.25) is 0 Å². The van der Waals surface area contributed by atoms with Gasteiger partial charge in [0.15, 0.2) is 0 Å². The van der Waals surface area contributed by atoms with Crippen LogP contribution in [0.3, 0.4) is 0 Å². The Hall–Kier alpha value is -2.90. The number of nitrogens with zero attached hydrogens (tertiary/aromatic N) is 4. The summed E-state index contributed by atoms with van der Waals surface area (Å²) < 4.78 is 6.95. The van der Waals surface area contributed by atoms with E-state index in [-0.39, 0.29) is 18.3 Å². The van der Waals surface area contributed by atoms with Gasteiger partial charge in [-0.3, -0.25) is 4.79 Å². The second kappa shape index (κ2) is 10.3. The quantitative estimate of drug-likeness (QED) is 0.377. The first kappa shape index (κ1) is 20.4. The van der Waals surface area contributed by atoms with Gasteiger partial charge in [0, 0.05) is 30.5 Å². The molecule has 0 aromatic carbocycles. The van der Waals surface area contributed by atoms with Crippen molar-refractivity contribution >= 4 is 28.8 Å². The lowest BCUT2D eigenvalue weighted by molar-refractivity contribution is -0.141. The maximum absolute atomic E-state index is 11.2. The summed E-state index contributed by atoms with van der Waals surface area (Å²) in [5, 5.41) is 3.77. The number of fused-ring (bicyclic) bond motifs is 1. The molecule has 0 atom stereocenters. The van der Waals surface area contributed by atoms with Crippen LogP contribution in [0.5, 0.6) is 0 Å². The second-order valence-corrected chi connectivity index (χ2v) is 6.16. The van der Waals surface area contributed by atoms with Gasteiger partial charge in [0.05, 0.1) is 6.61 Å². The molecule has 0 saturated carbocycles. The summed E-state index contributed by atoms with van der Waals surface area (Å²) >= 11 is 0. The van der Waals surface area contributed by atoms with E-state index in [0.29, 0.717) is 18.5 Å². The van der Waals surface area contributed by atoms with Crippen LogP contribution in [-0.2, 0) is 16.1 Å². The van der Waals surface area contributed by atoms with Crippen molar-refractivity contribution in [3.63, 3.8) is 0 Å². The van der Waals surface area contributed by atoms with Crippen molar-refractivity contribution < 1.29 is 9.53 Å². The molecule has 0 aliphatic rings. The van der Waals surface area contributed by atoms with Crippen LogP contribution in [0.4, 0.5) is 5.95 Å². The van der Waals surface area contributed by atoms with Crippen molar-refractivity contribution in [2.75, 3.05) is 13.2 Å². The number of aliphatic imine (C=N–C) groups is 1. The Bertz CT molecular complexity index is 808. The monoisotopic (exact) mass is 372 g/mol. The first-order chi connectivity index (χ1) is 13.1. The zero-order valence-electron chi connectivity index (χ0n) is 16.2. The molecule has 3 N–H and O–H groups in total. The molecular formula is C19H28N6O2. The van der Waals surface area contributed by atoms with Gasteiger partial charge in [-0.2, -0.15) is 9.98 Å². The van der Waals surface area contributed by atoms with Gasteiger partial charge in [0.2, 0.25) is 0 Å². The molecule has 0 aliphatic heterocycles. The van der Waals surface area contributed by atoms with Crippen LogP contribution in [0, 0.1) is 5.92 Å². The van der Waals surface area contributed by atoms with Crippen molar-refractivity contribution in [1.82, 2.24) is 19.9 Å². The van der Waals surface area contributed by atoms with Crippen LogP contribution in [0.1, 0.15) is 33.6 Å². The number of ether oxygens (including phenoxy) is 1. The molecule has 0 unspecified atom stereocenters. The van der Waals surface area contributed by atoms with Crippen LogP contribution in [0.15, 0.2) is 35.7 Å². The smallest absolute Gasteiger partial charge is 0.325 e. The maximum Gasteiger partial charge on any atom is 0.325 e. The predicted octanol–water partition coefficient (Wildman–Crippen LogP) is 2.52. The normalized spacial score (nSPS) is 12.2. The number of carbonyl (C=O) groups is 1. The van der Waals surface area contributed by atoms with Gasteiger partial charge in [-0.15, -0.1) is 0 Å². The Morgan fingerprint density at radius 2 is 2.19 bits per heavy atom. The number of nitrogens with one attached hydrogen (secondary N) is 1. The lowest BCUT2D eigenvalue weighted by Gasteiger charge is -2.13. The molecule has 2 rings (SSSR count). The van der Waals surface area contributed by atoms with Crippen LogP contribution >= 0.6 is 0 Å². The first-order valence-electron chi connectivity index (χ1n) is 9.28. The SMILES string of the molecule is CCOC(=O)CN/C=C\C(N)=N/c1ncc2ccn(CC(CC)CC)c2n1. The summed E-state index contributed by atoms with van der Waals surface area (Å²) in [6, 6.07) is 2.01. The summed E-state index contributed by atoms with van der Waals surface area (Å²) in [5.41, 5.74) is 6.74. The maximum atomic E-state index is 11.2. The molecule has 0 spiro atoms. The minimum atomic E-state index is -0.329. The number of rotatable bonds is 10. The van der Waals surface area contributed by atoms with E-state index in [1.807, 2.05) is 12.3 Å². The van der Waals surface area contributed by atoms with E-state index in [1.54, 1.807) is 25.4 Å². The predicted molar refractivity (Wildman–Crippen MR) is 107 cm³/mol. The minimum absolute atomic E-state index is 0.0730. The fraction of sp³-hybridized carbons (Fsp3) is 0.474. The molecular weight excluding hydrogens is 344 g/mol. The summed E-state index contributed by atoms with van der Waals surface area (Å²) in [5.74, 6) is 0.828. The summed E-state index contributed by atoms with van der Waals surface area (Å²) in [7, 11) is 0. The topological polar surface area (TPSA) is 107 Å². The molecule has 0 fully saturated rings. The van der Waals surface area contributed by atoms with Crippen molar-refractivity contribution in [1.29, 1.82) is 0 Å². The largest absolute Gasteiger partial charge is 0.465 e. The van der Waals surface area contributed by atoms with Crippen molar-refractivity contribution in [2.45, 2.75) is 40.2 Å². The third-order valence-corrected chi connectivity index (χ3v) is 4.25. The molecule has 27 heavy (non-hydrogen) atoms. The van der Waals surface area contributed by atoms with Gasteiger partial charge in [-0.1, -0.05) is 26.7 Å². The van der Waals surface area contributed by atoms with E-state index in [9.17, 15) is 4.79 Å². The van der Waals surface area contributed by atoms with Gasteiger partial charge in [0.25, 0.3) is 5.95 Å². The Labute approximate surface area is 159 Å². The Balaban J connectivity index is 2.06. The standard InChI is InChI=1S/C19H28N6O2/c1-4-14(5-2)13-25-10-8-15-11-22-19(24-18(15)25)23-16(20)7-9-21-12-17(26)27-6-3/h7-11,14,21H,4-6,12-13H2,1-3H3,(H2,20,22,23,24)/b9-7-. The van der Waals surface area contributed by atoms with Gasteiger partial charge in [0.1, 0.15) is 18.0 Å². The number of amidine groups is 1. The lowest BCUT2D eigenvalue weighted by Crippen LogP contribution is -2.21. The number of hydrogen-bond donors (Lipinski definition) is 2. The molecule has 146 valence electrons. The highest BCUT2D eigenvalue weighted by molar-refractivity contribution is 5.93. The Kier molecular flexibility index (Phi) is 7.79. The molecule has 0 aliphatic carbocycles. The van der Waals surface area contributed by atoms with E-state index in [1.165, 1.54) is 0 Å². The van der Waals surface area contributed by atoms with Gasteiger partial charge in [-0.25, -0.2) is 4.98 Å². The minimum Gasteiger partial charge on any atom is -0.465 e. The number of aromatic nitrogens is 3. The van der Waals surface area contributed by atoms with Crippen LogP contribution < -0.4 is 11.1 Å². The molecule has 0 saturated heterocycles. The zero-order chi connectivity index (χ0) is 19.6. The van der Waals surface area contributed by atoms with E-state index < -0.39 is 0 Å². The van der Waals surface area contributed by atoms with Gasteiger partial charge in [-0.05, 0) is 25.0 Å². The first-order valence-corrected chi connectivity index (χ1v) is 9.28. The molecule has 0 radical (unpaired) electrons. The molecule has 8 nitrogen and oxygen atoms in total. The highest BCUT2D eigenvalue weighted by Gasteiger charge is 2.09. The third kappa shape index (κ3) is 6.09. The summed E-state index contributed by atoms with van der Waals surface area (Å²) in [6.45, 7) is 7.51. The fourth-order valence-corrected chi connectivity index (χ4v) is 2.64. The molecule has 2 aromatic heterocycles. The molecule has 8 heteroatoms. The van der Waals surface area contributed by atoms with Gasteiger partial charge >= 0.3 is 5.97 Å². The molecule has 0 bridgehead atoms. The highest BCUT2D eigenvalue weighted by Crippen LogP contribution is 2.19. The summed E-state index contributed by atoms with van der Waals surface area (Å²) in [6.07, 6.45) is 9.14. The van der Waals surface area contributed by atoms with Gasteiger partial charge < -0.3 is 20.4 Å². The number of hydrogen-bond acceptors (Lipinski definition) is 6. The van der Waals surface area contributed by atoms with Crippen molar-refractivity contribution in [3.8, 4) is 0 Å². The van der Waals surface area contributed by atoms with Crippen LogP contribution in [-0.4, -0.2) is 39.5 Å². The molecule has 0 amide bonds. The summed E-state index contributed by atoms with van der Waals surface area (Å²) in [4.78, 5) is 24.2. The highest BCUT2D eigenvalue weighted by atomic mass is 16.5. The average molecular weight is 372 g/mol. The average Bonchev–Trinajstić information content (AvgIpc) is 3.05. The van der Waals surface area contributed by atoms with Crippen molar-refractivity contribution in [3.05, 3.63) is 30.7 Å². The van der Waals surface area contributed by atoms with E-state index >= 15 is 0 Å². The van der Waals surface area contributed by atoms with E-state index in [2.05, 4.69) is 38.7 Å². The zero-order valence-corrected chi connectivity index (χ0v) is 16.2. The van der Waals surface area contributed by atoms with E-state index in [0.717, 1.165) is 30.4 Å². The second-order valence-electron chi connectivity index (χ2n) is 6.16. The van der Waals surface area contributed by atoms with Crippen LogP contribution in [0.25, 0.3) is 11.0 Å². The lowest BCUT2D eigenvalue weighted by atomic mass is 10.0. The molecule has 2 heterocycles. The molecule has 2 aromatic rings.